The second-order valence-corrected chi connectivity index (χ2v) is 4.49. The zero-order valence-corrected chi connectivity index (χ0v) is 11.2. The van der Waals surface area contributed by atoms with E-state index in [1.165, 1.54) is 6.07 Å². The van der Waals surface area contributed by atoms with Gasteiger partial charge in [0.15, 0.2) is 11.6 Å². The minimum absolute atomic E-state index is 0. The van der Waals surface area contributed by atoms with Crippen LogP contribution < -0.4 is 15.8 Å². The maximum Gasteiger partial charge on any atom is 0.387 e. The molecule has 0 aliphatic heterocycles. The van der Waals surface area contributed by atoms with Crippen molar-refractivity contribution in [1.29, 1.82) is 0 Å². The van der Waals surface area contributed by atoms with Crippen molar-refractivity contribution in [3.8, 4) is 5.75 Å². The average molecular weight is 311 g/mol. The van der Waals surface area contributed by atoms with Gasteiger partial charge in [-0.15, -0.1) is 12.4 Å². The van der Waals surface area contributed by atoms with Crippen LogP contribution in [0.5, 0.6) is 5.75 Å². The van der Waals surface area contributed by atoms with Crippen LogP contribution in [-0.4, -0.2) is 18.1 Å². The molecule has 1 fully saturated rings. The van der Waals surface area contributed by atoms with E-state index in [9.17, 15) is 18.0 Å². The molecule has 8 heteroatoms. The van der Waals surface area contributed by atoms with Gasteiger partial charge < -0.3 is 15.8 Å². The summed E-state index contributed by atoms with van der Waals surface area (Å²) < 4.78 is 41.3. The van der Waals surface area contributed by atoms with E-state index in [0.717, 1.165) is 18.6 Å². The van der Waals surface area contributed by atoms with Gasteiger partial charge in [-0.2, -0.15) is 8.78 Å². The molecule has 0 heterocycles. The zero-order chi connectivity index (χ0) is 14.0. The standard InChI is InChI=1S/C12H13F3N2O2.ClH/c13-8-6-7(2-3-9(8)19-11(14)15)17-10(18)12(16)4-1-5-12;/h2-3,6,11H,1,4-5,16H2,(H,17,18);1H. The Kier molecular flexibility index (Phi) is 5.24. The number of nitrogens with one attached hydrogen (secondary N) is 1. The second kappa shape index (κ2) is 6.32. The predicted molar refractivity (Wildman–Crippen MR) is 69.7 cm³/mol. The third-order valence-electron chi connectivity index (χ3n) is 3.10. The van der Waals surface area contributed by atoms with Gasteiger partial charge in [0.1, 0.15) is 0 Å². The van der Waals surface area contributed by atoms with Gasteiger partial charge >= 0.3 is 6.61 Å². The summed E-state index contributed by atoms with van der Waals surface area (Å²) in [5.74, 6) is -1.95. The van der Waals surface area contributed by atoms with E-state index in [0.29, 0.717) is 12.8 Å². The Balaban J connectivity index is 0.00000200. The Morgan fingerprint density at radius 2 is 2.05 bits per heavy atom. The van der Waals surface area contributed by atoms with Gasteiger partial charge in [-0.3, -0.25) is 4.79 Å². The fraction of sp³-hybridized carbons (Fsp3) is 0.417. The normalized spacial score (nSPS) is 16.1. The lowest BCUT2D eigenvalue weighted by molar-refractivity contribution is -0.123. The number of nitrogens with two attached hydrogens (primary N) is 1. The summed E-state index contributed by atoms with van der Waals surface area (Å²) in [7, 11) is 0. The molecule has 0 unspecified atom stereocenters. The molecule has 1 aliphatic rings. The van der Waals surface area contributed by atoms with Crippen molar-refractivity contribution < 1.29 is 22.7 Å². The molecule has 0 aromatic heterocycles. The number of carbonyl (C=O) groups is 1. The SMILES string of the molecule is Cl.NC1(C(=O)Nc2ccc(OC(F)F)c(F)c2)CCC1. The van der Waals surface area contributed by atoms with Crippen LogP contribution in [0.15, 0.2) is 18.2 Å². The molecule has 2 rings (SSSR count). The molecule has 0 bridgehead atoms. The monoisotopic (exact) mass is 310 g/mol. The third kappa shape index (κ3) is 3.55. The summed E-state index contributed by atoms with van der Waals surface area (Å²) in [6.45, 7) is -3.10. The van der Waals surface area contributed by atoms with Crippen LogP contribution in [0.1, 0.15) is 19.3 Å². The second-order valence-electron chi connectivity index (χ2n) is 4.49. The molecule has 1 aromatic carbocycles. The number of anilines is 1. The van der Waals surface area contributed by atoms with E-state index in [1.54, 1.807) is 0 Å². The summed E-state index contributed by atoms with van der Waals surface area (Å²) in [6, 6.07) is 3.22. The Morgan fingerprint density at radius 3 is 2.50 bits per heavy atom. The number of hydrogen-bond donors (Lipinski definition) is 2. The van der Waals surface area contributed by atoms with Crippen LogP contribution in [0.3, 0.4) is 0 Å². The molecule has 1 aromatic rings. The van der Waals surface area contributed by atoms with Crippen molar-refractivity contribution in [2.24, 2.45) is 5.73 Å². The third-order valence-corrected chi connectivity index (χ3v) is 3.10. The van der Waals surface area contributed by atoms with Crippen molar-refractivity contribution in [1.82, 2.24) is 0 Å². The first-order valence-corrected chi connectivity index (χ1v) is 5.75. The number of benzene rings is 1. The van der Waals surface area contributed by atoms with Crippen molar-refractivity contribution in [3.05, 3.63) is 24.0 Å². The number of alkyl halides is 2. The molecular formula is C12H14ClF3N2O2. The number of rotatable bonds is 4. The van der Waals surface area contributed by atoms with Gasteiger partial charge in [-0.1, -0.05) is 0 Å². The van der Waals surface area contributed by atoms with Crippen LogP contribution in [-0.2, 0) is 4.79 Å². The molecular weight excluding hydrogens is 297 g/mol. The Labute approximate surface area is 119 Å². The molecule has 20 heavy (non-hydrogen) atoms. The van der Waals surface area contributed by atoms with Crippen LogP contribution in [0.2, 0.25) is 0 Å². The van der Waals surface area contributed by atoms with Gasteiger partial charge in [-0.25, -0.2) is 4.39 Å². The van der Waals surface area contributed by atoms with Crippen molar-refractivity contribution >= 4 is 24.0 Å². The number of halogens is 4. The van der Waals surface area contributed by atoms with E-state index < -0.39 is 29.6 Å². The van der Waals surface area contributed by atoms with E-state index in [4.69, 9.17) is 5.73 Å². The molecule has 112 valence electrons. The van der Waals surface area contributed by atoms with Gasteiger partial charge in [0, 0.05) is 11.8 Å². The molecule has 1 amide bonds. The number of carbonyl (C=O) groups excluding carboxylic acids is 1. The molecule has 0 spiro atoms. The molecule has 4 nitrogen and oxygen atoms in total. The summed E-state index contributed by atoms with van der Waals surface area (Å²) in [4.78, 5) is 11.8. The van der Waals surface area contributed by atoms with E-state index in [2.05, 4.69) is 10.1 Å². The molecule has 0 radical (unpaired) electrons. The first kappa shape index (κ1) is 16.6. The number of hydrogen-bond acceptors (Lipinski definition) is 3. The molecule has 0 saturated heterocycles. The van der Waals surface area contributed by atoms with E-state index in [-0.39, 0.29) is 18.1 Å². The Morgan fingerprint density at radius 1 is 1.40 bits per heavy atom. The lowest BCUT2D eigenvalue weighted by Crippen LogP contribution is -2.56. The summed E-state index contributed by atoms with van der Waals surface area (Å²) in [5.41, 5.74) is 5.04. The maximum atomic E-state index is 13.4. The predicted octanol–water partition coefficient (Wildman–Crippen LogP) is 2.67. The van der Waals surface area contributed by atoms with Gasteiger partial charge in [0.2, 0.25) is 5.91 Å². The van der Waals surface area contributed by atoms with Gasteiger partial charge in [0.05, 0.1) is 5.54 Å². The van der Waals surface area contributed by atoms with Crippen molar-refractivity contribution in [2.75, 3.05) is 5.32 Å². The molecule has 1 saturated carbocycles. The molecule has 3 N–H and O–H groups in total. The summed E-state index contributed by atoms with van der Waals surface area (Å²) in [5, 5.41) is 2.46. The highest BCUT2D eigenvalue weighted by Crippen LogP contribution is 2.31. The van der Waals surface area contributed by atoms with Crippen molar-refractivity contribution in [2.45, 2.75) is 31.4 Å². The van der Waals surface area contributed by atoms with Gasteiger partial charge in [0.25, 0.3) is 0 Å². The average Bonchev–Trinajstić information content (AvgIpc) is 2.29. The lowest BCUT2D eigenvalue weighted by Gasteiger charge is -2.36. The minimum Gasteiger partial charge on any atom is -0.432 e. The Hall–Kier alpha value is -1.47. The van der Waals surface area contributed by atoms with Crippen LogP contribution in [0.4, 0.5) is 18.9 Å². The number of amides is 1. The highest BCUT2D eigenvalue weighted by atomic mass is 35.5. The van der Waals surface area contributed by atoms with E-state index >= 15 is 0 Å². The summed E-state index contributed by atoms with van der Waals surface area (Å²) in [6.07, 6.45) is 2.03. The van der Waals surface area contributed by atoms with Crippen molar-refractivity contribution in [3.63, 3.8) is 0 Å². The fourth-order valence-electron chi connectivity index (χ4n) is 1.81. The first-order valence-electron chi connectivity index (χ1n) is 5.75. The van der Waals surface area contributed by atoms with Crippen LogP contribution in [0, 0.1) is 5.82 Å². The van der Waals surface area contributed by atoms with E-state index in [1.807, 2.05) is 0 Å². The van der Waals surface area contributed by atoms with Crippen LogP contribution >= 0.6 is 12.4 Å². The summed E-state index contributed by atoms with van der Waals surface area (Å²) >= 11 is 0. The first-order chi connectivity index (χ1) is 8.90. The largest absolute Gasteiger partial charge is 0.432 e. The molecule has 0 atom stereocenters. The fourth-order valence-corrected chi connectivity index (χ4v) is 1.81. The van der Waals surface area contributed by atoms with Gasteiger partial charge in [-0.05, 0) is 31.4 Å². The maximum absolute atomic E-state index is 13.4. The Bertz CT molecular complexity index is 496. The quantitative estimate of drug-likeness (QED) is 0.898. The highest BCUT2D eigenvalue weighted by molar-refractivity contribution is 5.98. The zero-order valence-electron chi connectivity index (χ0n) is 10.4. The lowest BCUT2D eigenvalue weighted by atomic mass is 9.77. The minimum atomic E-state index is -3.10. The highest BCUT2D eigenvalue weighted by Gasteiger charge is 2.40. The topological polar surface area (TPSA) is 64.4 Å². The smallest absolute Gasteiger partial charge is 0.387 e. The number of ether oxygens (including phenoxy) is 1. The van der Waals surface area contributed by atoms with Crippen LogP contribution in [0.25, 0.3) is 0 Å². The molecule has 1 aliphatic carbocycles.